The third-order valence-electron chi connectivity index (χ3n) is 2.06. The Morgan fingerprint density at radius 3 is 2.88 bits per heavy atom. The third-order valence-corrected chi connectivity index (χ3v) is 2.06. The summed E-state index contributed by atoms with van der Waals surface area (Å²) in [6.07, 6.45) is 0.935. The average molecular weight is 226 g/mol. The first kappa shape index (κ1) is 12.6. The number of carbonyl (C=O) groups excluding carboxylic acids is 1. The Morgan fingerprint density at radius 1 is 1.56 bits per heavy atom. The molecule has 0 saturated carbocycles. The molecule has 1 aromatic heterocycles. The van der Waals surface area contributed by atoms with Gasteiger partial charge in [0.15, 0.2) is 5.82 Å². The number of hydrogen-bond acceptors (Lipinski definition) is 5. The van der Waals surface area contributed by atoms with Gasteiger partial charge in [-0.05, 0) is 18.6 Å². The van der Waals surface area contributed by atoms with Gasteiger partial charge in [-0.1, -0.05) is 6.92 Å². The molecule has 1 heterocycles. The van der Waals surface area contributed by atoms with Gasteiger partial charge < -0.3 is 5.32 Å². The molecule has 7 heteroatoms. The summed E-state index contributed by atoms with van der Waals surface area (Å²) in [5.74, 6) is 0.573. The lowest BCUT2D eigenvalue weighted by molar-refractivity contribution is -0.122. The predicted octanol–water partition coefficient (Wildman–Crippen LogP) is -0.786. The minimum absolute atomic E-state index is 0.00857. The first-order valence-electron chi connectivity index (χ1n) is 5.37. The quantitative estimate of drug-likeness (QED) is 0.664. The van der Waals surface area contributed by atoms with Gasteiger partial charge in [-0.25, -0.2) is 0 Å². The third kappa shape index (κ3) is 3.93. The van der Waals surface area contributed by atoms with E-state index in [1.807, 2.05) is 6.92 Å². The van der Waals surface area contributed by atoms with Crippen LogP contribution in [-0.2, 0) is 18.4 Å². The second kappa shape index (κ2) is 6.16. The second-order valence-electron chi connectivity index (χ2n) is 3.59. The van der Waals surface area contributed by atoms with Gasteiger partial charge in [0.2, 0.25) is 5.91 Å². The Labute approximate surface area is 94.6 Å². The number of aromatic nitrogens is 4. The monoisotopic (exact) mass is 226 g/mol. The summed E-state index contributed by atoms with van der Waals surface area (Å²) in [5.41, 5.74) is 0. The predicted molar refractivity (Wildman–Crippen MR) is 58.4 cm³/mol. The second-order valence-corrected chi connectivity index (χ2v) is 3.59. The van der Waals surface area contributed by atoms with E-state index in [2.05, 4.69) is 26.0 Å². The summed E-state index contributed by atoms with van der Waals surface area (Å²) in [4.78, 5) is 12.9. The van der Waals surface area contributed by atoms with Crippen molar-refractivity contribution in [3.05, 3.63) is 5.82 Å². The highest BCUT2D eigenvalue weighted by molar-refractivity contribution is 5.81. The standard InChI is InChI=1S/C9H18N6O/c1-4-5-10-9(16)7(2)11-6-8-12-14-15(3)13-8/h7,11H,4-6H2,1-3H3,(H,10,16). The molecule has 16 heavy (non-hydrogen) atoms. The first-order chi connectivity index (χ1) is 7.63. The maximum Gasteiger partial charge on any atom is 0.236 e. The first-order valence-corrected chi connectivity index (χ1v) is 5.37. The molecule has 0 spiro atoms. The van der Waals surface area contributed by atoms with Gasteiger partial charge in [0.25, 0.3) is 0 Å². The van der Waals surface area contributed by atoms with Crippen molar-refractivity contribution in [1.82, 2.24) is 30.8 Å². The number of nitrogens with zero attached hydrogens (tertiary/aromatic N) is 4. The molecule has 1 unspecified atom stereocenters. The molecular weight excluding hydrogens is 208 g/mol. The fourth-order valence-electron chi connectivity index (χ4n) is 1.13. The zero-order valence-electron chi connectivity index (χ0n) is 9.90. The largest absolute Gasteiger partial charge is 0.355 e. The highest BCUT2D eigenvalue weighted by Gasteiger charge is 2.12. The number of amides is 1. The van der Waals surface area contributed by atoms with Gasteiger partial charge in [0.1, 0.15) is 0 Å². The van der Waals surface area contributed by atoms with Crippen LogP contribution in [0.3, 0.4) is 0 Å². The Balaban J connectivity index is 2.29. The van der Waals surface area contributed by atoms with E-state index in [1.165, 1.54) is 4.80 Å². The summed E-state index contributed by atoms with van der Waals surface area (Å²) in [7, 11) is 1.70. The van der Waals surface area contributed by atoms with Crippen molar-refractivity contribution >= 4 is 5.91 Å². The maximum absolute atomic E-state index is 11.5. The molecule has 1 rings (SSSR count). The SMILES string of the molecule is CCCNC(=O)C(C)NCc1nnn(C)n1. The molecule has 0 fully saturated rings. The van der Waals surface area contributed by atoms with Crippen LogP contribution in [0.2, 0.25) is 0 Å². The molecule has 0 aliphatic rings. The molecule has 0 saturated heterocycles. The zero-order valence-corrected chi connectivity index (χ0v) is 9.90. The smallest absolute Gasteiger partial charge is 0.236 e. The number of carbonyl (C=O) groups is 1. The molecular formula is C9H18N6O. The van der Waals surface area contributed by atoms with Gasteiger partial charge >= 0.3 is 0 Å². The van der Waals surface area contributed by atoms with Crippen LogP contribution < -0.4 is 10.6 Å². The summed E-state index contributed by atoms with van der Waals surface area (Å²) >= 11 is 0. The van der Waals surface area contributed by atoms with Crippen LogP contribution in [0.5, 0.6) is 0 Å². The highest BCUT2D eigenvalue weighted by Crippen LogP contribution is 1.88. The summed E-state index contributed by atoms with van der Waals surface area (Å²) in [5, 5.41) is 17.4. The normalized spacial score (nSPS) is 12.4. The van der Waals surface area contributed by atoms with Crippen LogP contribution in [0.4, 0.5) is 0 Å². The van der Waals surface area contributed by atoms with E-state index in [0.29, 0.717) is 18.9 Å². The van der Waals surface area contributed by atoms with Gasteiger partial charge in [-0.2, -0.15) is 4.80 Å². The molecule has 0 aliphatic carbocycles. The van der Waals surface area contributed by atoms with E-state index in [9.17, 15) is 4.79 Å². The van der Waals surface area contributed by atoms with Crippen molar-refractivity contribution in [3.8, 4) is 0 Å². The Kier molecular flexibility index (Phi) is 4.84. The summed E-state index contributed by atoms with van der Waals surface area (Å²) < 4.78 is 0. The molecule has 1 aromatic rings. The van der Waals surface area contributed by atoms with E-state index < -0.39 is 0 Å². The van der Waals surface area contributed by atoms with Gasteiger partial charge in [-0.3, -0.25) is 10.1 Å². The van der Waals surface area contributed by atoms with Crippen LogP contribution in [0.25, 0.3) is 0 Å². The van der Waals surface area contributed by atoms with Crippen LogP contribution in [0.15, 0.2) is 0 Å². The maximum atomic E-state index is 11.5. The van der Waals surface area contributed by atoms with E-state index in [-0.39, 0.29) is 11.9 Å². The van der Waals surface area contributed by atoms with Gasteiger partial charge in [0.05, 0.1) is 19.6 Å². The molecule has 0 aliphatic heterocycles. The molecule has 0 radical (unpaired) electrons. The number of tetrazole rings is 1. The van der Waals surface area contributed by atoms with Crippen molar-refractivity contribution in [2.75, 3.05) is 6.54 Å². The molecule has 0 aromatic carbocycles. The lowest BCUT2D eigenvalue weighted by atomic mass is 10.3. The van der Waals surface area contributed by atoms with Crippen LogP contribution >= 0.6 is 0 Å². The Morgan fingerprint density at radius 2 is 2.31 bits per heavy atom. The number of nitrogens with one attached hydrogen (secondary N) is 2. The highest BCUT2D eigenvalue weighted by atomic mass is 16.2. The van der Waals surface area contributed by atoms with Crippen LogP contribution in [-0.4, -0.2) is 38.7 Å². The molecule has 2 N–H and O–H groups in total. The topological polar surface area (TPSA) is 84.7 Å². The minimum Gasteiger partial charge on any atom is -0.355 e. The van der Waals surface area contributed by atoms with Gasteiger partial charge in [-0.15, -0.1) is 10.2 Å². The minimum atomic E-state index is -0.254. The van der Waals surface area contributed by atoms with E-state index in [1.54, 1.807) is 14.0 Å². The van der Waals surface area contributed by atoms with Gasteiger partial charge in [0, 0.05) is 6.54 Å². The fraction of sp³-hybridized carbons (Fsp3) is 0.778. The zero-order chi connectivity index (χ0) is 12.0. The van der Waals surface area contributed by atoms with Crippen LogP contribution in [0.1, 0.15) is 26.1 Å². The average Bonchev–Trinajstić information content (AvgIpc) is 2.68. The van der Waals surface area contributed by atoms with Crippen molar-refractivity contribution in [2.24, 2.45) is 7.05 Å². The lowest BCUT2D eigenvalue weighted by Crippen LogP contribution is -2.42. The number of aryl methyl sites for hydroxylation is 1. The Bertz CT molecular complexity index is 336. The van der Waals surface area contributed by atoms with Crippen molar-refractivity contribution in [2.45, 2.75) is 32.9 Å². The molecule has 90 valence electrons. The van der Waals surface area contributed by atoms with E-state index in [4.69, 9.17) is 0 Å². The van der Waals surface area contributed by atoms with Crippen molar-refractivity contribution < 1.29 is 4.79 Å². The summed E-state index contributed by atoms with van der Waals surface area (Å²) in [6.45, 7) is 4.96. The number of rotatable bonds is 6. The molecule has 1 atom stereocenters. The summed E-state index contributed by atoms with van der Waals surface area (Å²) in [6, 6.07) is -0.254. The van der Waals surface area contributed by atoms with Crippen molar-refractivity contribution in [1.29, 1.82) is 0 Å². The Hall–Kier alpha value is -1.50. The molecule has 7 nitrogen and oxygen atoms in total. The molecule has 1 amide bonds. The van der Waals surface area contributed by atoms with Crippen LogP contribution in [0, 0.1) is 0 Å². The number of hydrogen-bond donors (Lipinski definition) is 2. The van der Waals surface area contributed by atoms with Crippen molar-refractivity contribution in [3.63, 3.8) is 0 Å². The fourth-order valence-corrected chi connectivity index (χ4v) is 1.13. The van der Waals surface area contributed by atoms with E-state index in [0.717, 1.165) is 6.42 Å². The van der Waals surface area contributed by atoms with E-state index >= 15 is 0 Å². The molecule has 0 bridgehead atoms. The lowest BCUT2D eigenvalue weighted by Gasteiger charge is -2.11.